The van der Waals surface area contributed by atoms with Crippen LogP contribution in [0.4, 0.5) is 33.4 Å². The Morgan fingerprint density at radius 3 is 1.72 bits per heavy atom. The van der Waals surface area contributed by atoms with E-state index in [1.807, 2.05) is 42.1 Å². The Kier molecular flexibility index (Phi) is 8.65. The number of hydrogen-bond acceptors (Lipinski definition) is 5. The van der Waals surface area contributed by atoms with Crippen LogP contribution in [0.2, 0.25) is 0 Å². The second-order valence-electron chi connectivity index (χ2n) is 20.4. The van der Waals surface area contributed by atoms with Crippen molar-refractivity contribution in [3.05, 3.63) is 174 Å². The van der Waals surface area contributed by atoms with Gasteiger partial charge in [-0.1, -0.05) is 126 Å². The molecule has 0 bridgehead atoms. The third-order valence-electron chi connectivity index (χ3n) is 14.0. The first-order chi connectivity index (χ1) is 31.2. The zero-order valence-electron chi connectivity index (χ0n) is 38.6. The van der Waals surface area contributed by atoms with Crippen molar-refractivity contribution < 1.29 is 8.83 Å². The Balaban J connectivity index is 1.16. The van der Waals surface area contributed by atoms with Crippen LogP contribution >= 0.6 is 11.3 Å². The molecule has 0 saturated heterocycles. The van der Waals surface area contributed by atoms with Gasteiger partial charge in [-0.25, -0.2) is 0 Å². The standard InChI is InChI=1S/C59H51BN2O2S/c1-34-26-49-55-50(27-34)62(56-35(2)28-40(29-36(56)3)59(7,8)9)57-54(44-31-39(58(4,5)6)21-25-53(44)65-57)60(55)47-30-38(46-33-64-52-17-13-11-15-43(46)52)20-24-48(47)61(49)41-22-18-37(19-23-41)45-32-63-51-16-12-10-14-42(45)51/h10-33H,1-9H3. The van der Waals surface area contributed by atoms with E-state index in [1.165, 1.54) is 82.0 Å². The number of para-hydroxylation sites is 2. The molecule has 7 aromatic carbocycles. The van der Waals surface area contributed by atoms with Crippen molar-refractivity contribution in [1.82, 2.24) is 0 Å². The fourth-order valence-electron chi connectivity index (χ4n) is 10.7. The first-order valence-corrected chi connectivity index (χ1v) is 23.7. The number of anilines is 6. The van der Waals surface area contributed by atoms with Gasteiger partial charge in [-0.05, 0) is 141 Å². The molecule has 0 unspecified atom stereocenters. The first-order valence-electron chi connectivity index (χ1n) is 22.8. The van der Waals surface area contributed by atoms with E-state index in [1.54, 1.807) is 0 Å². The molecule has 0 aliphatic carbocycles. The molecule has 0 saturated carbocycles. The summed E-state index contributed by atoms with van der Waals surface area (Å²) in [6.07, 6.45) is 3.82. The Hall–Kier alpha value is -6.76. The third kappa shape index (κ3) is 6.10. The molecule has 0 fully saturated rings. The summed E-state index contributed by atoms with van der Waals surface area (Å²) in [4.78, 5) is 5.16. The number of nitrogens with zero attached hydrogens (tertiary/aromatic N) is 2. The summed E-state index contributed by atoms with van der Waals surface area (Å²) >= 11 is 1.93. The Bertz CT molecular complexity index is 3550. The maximum absolute atomic E-state index is 6.20. The summed E-state index contributed by atoms with van der Waals surface area (Å²) in [7, 11) is 0. The fraction of sp³-hybridized carbons (Fsp3) is 0.186. The van der Waals surface area contributed by atoms with Crippen LogP contribution in [0.25, 0.3) is 54.3 Å². The van der Waals surface area contributed by atoms with E-state index in [-0.39, 0.29) is 17.5 Å². The van der Waals surface area contributed by atoms with Crippen LogP contribution in [-0.2, 0) is 10.8 Å². The summed E-state index contributed by atoms with van der Waals surface area (Å²) in [6.45, 7) is 20.8. The van der Waals surface area contributed by atoms with E-state index >= 15 is 0 Å². The number of benzene rings is 7. The van der Waals surface area contributed by atoms with Crippen molar-refractivity contribution in [2.45, 2.75) is 73.1 Å². The largest absolute Gasteiger partial charge is 0.464 e. The van der Waals surface area contributed by atoms with Gasteiger partial charge in [-0.15, -0.1) is 11.3 Å². The average molecular weight is 863 g/mol. The van der Waals surface area contributed by atoms with Crippen molar-refractivity contribution in [2.24, 2.45) is 0 Å². The van der Waals surface area contributed by atoms with Gasteiger partial charge >= 0.3 is 0 Å². The summed E-state index contributed by atoms with van der Waals surface area (Å²) in [5.41, 5.74) is 22.8. The molecule has 4 nitrogen and oxygen atoms in total. The van der Waals surface area contributed by atoms with E-state index < -0.39 is 0 Å². The van der Waals surface area contributed by atoms with Crippen LogP contribution in [0.1, 0.15) is 69.4 Å². The molecular formula is C59H51BN2O2S. The van der Waals surface area contributed by atoms with Gasteiger partial charge in [0.05, 0.1) is 23.2 Å². The highest BCUT2D eigenvalue weighted by Crippen LogP contribution is 2.51. The predicted molar refractivity (Wildman–Crippen MR) is 278 cm³/mol. The molecule has 6 heteroatoms. The molecule has 0 atom stereocenters. The highest BCUT2D eigenvalue weighted by atomic mass is 32.1. The number of hydrogen-bond donors (Lipinski definition) is 0. The number of rotatable bonds is 4. The van der Waals surface area contributed by atoms with Crippen LogP contribution in [0.15, 0.2) is 155 Å². The quantitative estimate of drug-likeness (QED) is 0.165. The number of fused-ring (bicyclic) bond motifs is 8. The fourth-order valence-corrected chi connectivity index (χ4v) is 12.0. The van der Waals surface area contributed by atoms with E-state index in [2.05, 4.69) is 187 Å². The molecule has 10 aromatic rings. The zero-order chi connectivity index (χ0) is 44.7. The van der Waals surface area contributed by atoms with Crippen molar-refractivity contribution >= 4 is 99.9 Å². The van der Waals surface area contributed by atoms with Gasteiger partial charge in [-0.2, -0.15) is 0 Å². The lowest BCUT2D eigenvalue weighted by atomic mass is 9.33. The molecule has 3 aromatic heterocycles. The third-order valence-corrected chi connectivity index (χ3v) is 15.2. The van der Waals surface area contributed by atoms with Crippen molar-refractivity contribution in [2.75, 3.05) is 9.80 Å². The molecule has 5 heterocycles. The van der Waals surface area contributed by atoms with E-state index in [9.17, 15) is 0 Å². The van der Waals surface area contributed by atoms with Gasteiger partial charge in [0.1, 0.15) is 11.2 Å². The lowest BCUT2D eigenvalue weighted by molar-refractivity contribution is 0.589. The highest BCUT2D eigenvalue weighted by Gasteiger charge is 2.46. The van der Waals surface area contributed by atoms with Crippen LogP contribution in [-0.4, -0.2) is 6.71 Å². The Morgan fingerprint density at radius 2 is 1.09 bits per heavy atom. The molecule has 2 aliphatic rings. The van der Waals surface area contributed by atoms with Crippen LogP contribution in [0.3, 0.4) is 0 Å². The van der Waals surface area contributed by atoms with Gasteiger partial charge in [0.25, 0.3) is 6.71 Å². The SMILES string of the molecule is Cc1cc2c3c(c1)N(c1c(C)cc(C(C)(C)C)cc1C)c1sc4ccc(C(C)(C)C)cc4c1B3c1cc(-c3coc4ccccc34)ccc1N2c1ccc(-c2coc3ccccc23)cc1. The summed E-state index contributed by atoms with van der Waals surface area (Å²) in [5, 5.41) is 4.87. The number of furan rings is 2. The molecule has 318 valence electrons. The smallest absolute Gasteiger partial charge is 0.254 e. The molecule has 0 amide bonds. The monoisotopic (exact) mass is 862 g/mol. The Morgan fingerprint density at radius 1 is 0.508 bits per heavy atom. The molecule has 2 aliphatic heterocycles. The zero-order valence-corrected chi connectivity index (χ0v) is 39.4. The van der Waals surface area contributed by atoms with E-state index in [0.29, 0.717) is 0 Å². The van der Waals surface area contributed by atoms with E-state index in [4.69, 9.17) is 8.83 Å². The minimum Gasteiger partial charge on any atom is -0.464 e. The minimum atomic E-state index is -0.0359. The van der Waals surface area contributed by atoms with Gasteiger partial charge in [0.15, 0.2) is 0 Å². The van der Waals surface area contributed by atoms with Crippen molar-refractivity contribution in [3.8, 4) is 22.3 Å². The first kappa shape index (κ1) is 39.8. The van der Waals surface area contributed by atoms with Crippen LogP contribution in [0.5, 0.6) is 0 Å². The summed E-state index contributed by atoms with van der Waals surface area (Å²) in [6, 6.07) is 49.8. The lowest BCUT2D eigenvalue weighted by Gasteiger charge is -2.44. The van der Waals surface area contributed by atoms with Gasteiger partial charge < -0.3 is 18.6 Å². The summed E-state index contributed by atoms with van der Waals surface area (Å²) in [5.74, 6) is 0. The maximum atomic E-state index is 6.20. The normalized spacial score (nSPS) is 13.5. The van der Waals surface area contributed by atoms with Crippen molar-refractivity contribution in [3.63, 3.8) is 0 Å². The van der Waals surface area contributed by atoms with Gasteiger partial charge in [0.2, 0.25) is 0 Å². The van der Waals surface area contributed by atoms with Crippen LogP contribution in [0, 0.1) is 20.8 Å². The topological polar surface area (TPSA) is 32.8 Å². The van der Waals surface area contributed by atoms with Gasteiger partial charge in [0, 0.05) is 49.3 Å². The highest BCUT2D eigenvalue weighted by molar-refractivity contribution is 7.26. The molecule has 0 spiro atoms. The number of thiophene rings is 1. The second kappa shape index (κ2) is 14.1. The molecule has 65 heavy (non-hydrogen) atoms. The van der Waals surface area contributed by atoms with Crippen molar-refractivity contribution in [1.29, 1.82) is 0 Å². The Labute approximate surface area is 385 Å². The van der Waals surface area contributed by atoms with Gasteiger partial charge in [-0.3, -0.25) is 0 Å². The maximum Gasteiger partial charge on any atom is 0.254 e. The number of aryl methyl sites for hydroxylation is 3. The average Bonchev–Trinajstić information content (AvgIpc) is 4.02. The minimum absolute atomic E-state index is 0.0147. The molecular weight excluding hydrogens is 812 g/mol. The second-order valence-corrected chi connectivity index (χ2v) is 21.5. The molecule has 12 rings (SSSR count). The predicted octanol–water partition coefficient (Wildman–Crippen LogP) is 15.3. The molecule has 0 N–H and O–H groups in total. The molecule has 0 radical (unpaired) electrons. The lowest BCUT2D eigenvalue weighted by Crippen LogP contribution is -2.61. The van der Waals surface area contributed by atoms with Crippen LogP contribution < -0.4 is 26.2 Å². The summed E-state index contributed by atoms with van der Waals surface area (Å²) < 4.78 is 13.5. The van der Waals surface area contributed by atoms with E-state index in [0.717, 1.165) is 49.9 Å².